The zero-order valence-corrected chi connectivity index (χ0v) is 33.4. The van der Waals surface area contributed by atoms with Crippen LogP contribution in [0.25, 0.3) is 0 Å². The minimum atomic E-state index is -0.520. The summed E-state index contributed by atoms with van der Waals surface area (Å²) in [6.45, 7) is 19.4. The molecule has 0 bridgehead atoms. The number of amides is 1. The normalized spacial score (nSPS) is 13.9. The predicted molar refractivity (Wildman–Crippen MR) is 215 cm³/mol. The predicted octanol–water partition coefficient (Wildman–Crippen LogP) is 5.62. The Kier molecular flexibility index (Phi) is 23.3. The average molecular weight is 777 g/mol. The number of nitrogens with one attached hydrogen (secondary N) is 4. The molecular weight excluding hydrogens is 716 g/mol. The zero-order chi connectivity index (χ0) is 39.6. The van der Waals surface area contributed by atoms with Crippen molar-refractivity contribution < 1.29 is 38.0 Å². The molecule has 15 heteroatoms. The van der Waals surface area contributed by atoms with Gasteiger partial charge in [0.15, 0.2) is 0 Å². The first-order valence-electron chi connectivity index (χ1n) is 18.4. The number of fused-ring (bicyclic) bond motifs is 1. The standard InChI is InChI=1S/C38H58ClN5O8.CH3N/c1-6-41-14-13-32-28-44(29(2)40)35-12-11-33(27-34(35)36(43-32)30-7-9-31(39)10-8-30)51-26-25-50-24-23-49-22-21-48-20-19-47-18-17-46-16-15-42-37(45)52-38(3,4)5;1-2/h7-12,27,32,40-41H,6,13-26,28H2,1-5H3,(H,42,45);2H,1H2/t32-;/m0./s1. The molecule has 2 aromatic rings. The lowest BCUT2D eigenvalue weighted by Gasteiger charge is -2.26. The fourth-order valence-corrected chi connectivity index (χ4v) is 5.25. The molecular formula is C39H61ClN6O8. The number of carbonyl (C=O) groups excluding carboxylic acids is 1. The largest absolute Gasteiger partial charge is 0.491 e. The van der Waals surface area contributed by atoms with Crippen molar-refractivity contribution in [1.82, 2.24) is 10.6 Å². The molecule has 0 aromatic heterocycles. The molecule has 0 fully saturated rings. The van der Waals surface area contributed by atoms with Crippen LogP contribution in [0.3, 0.4) is 0 Å². The van der Waals surface area contributed by atoms with Crippen LogP contribution in [0.5, 0.6) is 5.75 Å². The van der Waals surface area contributed by atoms with E-state index in [2.05, 4.69) is 24.3 Å². The molecule has 0 unspecified atom stereocenters. The SMILES string of the molecule is C=N.CCNCC[C@H]1CN(C(C)=N)c2ccc(OCCOCCOCCOCCOCCOCCNC(=O)OC(C)(C)C)cc2C(c2ccc(Cl)cc2)=N1. The van der Waals surface area contributed by atoms with Crippen molar-refractivity contribution in [2.45, 2.75) is 52.7 Å². The number of rotatable bonds is 24. The summed E-state index contributed by atoms with van der Waals surface area (Å²) in [5.41, 5.74) is 3.15. The van der Waals surface area contributed by atoms with E-state index in [1.54, 1.807) is 0 Å². The summed E-state index contributed by atoms with van der Waals surface area (Å²) in [5, 5.41) is 20.8. The highest BCUT2D eigenvalue weighted by Crippen LogP contribution is 2.32. The smallest absolute Gasteiger partial charge is 0.407 e. The van der Waals surface area contributed by atoms with E-state index in [0.717, 1.165) is 42.0 Å². The molecule has 1 aliphatic heterocycles. The van der Waals surface area contributed by atoms with Crippen LogP contribution in [-0.4, -0.2) is 135 Å². The van der Waals surface area contributed by atoms with E-state index in [1.165, 1.54) is 0 Å². The number of alkyl carbamates (subject to hydrolysis) is 1. The number of aliphatic imine (C=N–C) groups is 1. The van der Waals surface area contributed by atoms with E-state index in [1.807, 2.05) is 75.1 Å². The van der Waals surface area contributed by atoms with Crippen LogP contribution in [-0.2, 0) is 28.4 Å². The molecule has 3 rings (SSSR count). The molecule has 1 aliphatic rings. The maximum absolute atomic E-state index is 11.6. The molecule has 2 aromatic carbocycles. The van der Waals surface area contributed by atoms with Crippen LogP contribution >= 0.6 is 11.6 Å². The van der Waals surface area contributed by atoms with Crippen molar-refractivity contribution in [3.05, 3.63) is 58.6 Å². The number of hydrogen-bond acceptors (Lipinski definition) is 12. The van der Waals surface area contributed by atoms with Crippen LogP contribution < -0.4 is 20.3 Å². The number of anilines is 1. The Morgan fingerprint density at radius 3 is 1.96 bits per heavy atom. The number of hydrogen-bond donors (Lipinski definition) is 4. The van der Waals surface area contributed by atoms with Gasteiger partial charge in [-0.2, -0.15) is 0 Å². The first-order valence-corrected chi connectivity index (χ1v) is 18.8. The molecule has 54 heavy (non-hydrogen) atoms. The molecule has 1 atom stereocenters. The van der Waals surface area contributed by atoms with Gasteiger partial charge in [0.25, 0.3) is 0 Å². The van der Waals surface area contributed by atoms with E-state index < -0.39 is 11.7 Å². The van der Waals surface area contributed by atoms with Gasteiger partial charge in [0, 0.05) is 29.2 Å². The second-order valence-corrected chi connectivity index (χ2v) is 13.4. The van der Waals surface area contributed by atoms with E-state index in [-0.39, 0.29) is 6.04 Å². The van der Waals surface area contributed by atoms with Crippen molar-refractivity contribution >= 4 is 41.6 Å². The Balaban J connectivity index is 0.00000495. The molecule has 302 valence electrons. The first kappa shape index (κ1) is 46.5. The summed E-state index contributed by atoms with van der Waals surface area (Å²) in [6, 6.07) is 13.7. The molecule has 0 spiro atoms. The summed E-state index contributed by atoms with van der Waals surface area (Å²) < 4.78 is 39.0. The highest BCUT2D eigenvalue weighted by atomic mass is 35.5. The first-order chi connectivity index (χ1) is 26.1. The van der Waals surface area contributed by atoms with Gasteiger partial charge in [-0.25, -0.2) is 4.79 Å². The van der Waals surface area contributed by atoms with Crippen LogP contribution in [0.4, 0.5) is 10.5 Å². The van der Waals surface area contributed by atoms with E-state index in [4.69, 9.17) is 60.6 Å². The van der Waals surface area contributed by atoms with Crippen LogP contribution in [0, 0.1) is 10.8 Å². The molecule has 1 heterocycles. The summed E-state index contributed by atoms with van der Waals surface area (Å²) in [7, 11) is 0. The maximum atomic E-state index is 11.6. The Morgan fingerprint density at radius 1 is 0.870 bits per heavy atom. The van der Waals surface area contributed by atoms with Gasteiger partial charge in [-0.15, -0.1) is 0 Å². The lowest BCUT2D eigenvalue weighted by molar-refractivity contribution is -0.0126. The number of carbonyl (C=O) groups is 1. The Bertz CT molecular complexity index is 1390. The summed E-state index contributed by atoms with van der Waals surface area (Å²) in [6.07, 6.45) is 0.397. The van der Waals surface area contributed by atoms with Crippen LogP contribution in [0.15, 0.2) is 47.5 Å². The van der Waals surface area contributed by atoms with Gasteiger partial charge in [0.05, 0.1) is 89.3 Å². The summed E-state index contributed by atoms with van der Waals surface area (Å²) in [4.78, 5) is 18.8. The molecule has 14 nitrogen and oxygen atoms in total. The molecule has 1 amide bonds. The monoisotopic (exact) mass is 776 g/mol. The van der Waals surface area contributed by atoms with E-state index in [0.29, 0.717) is 102 Å². The number of benzodiazepines with no additional fused rings is 1. The lowest BCUT2D eigenvalue weighted by atomic mass is 9.99. The Morgan fingerprint density at radius 2 is 1.43 bits per heavy atom. The number of nitrogens with zero attached hydrogens (tertiary/aromatic N) is 2. The van der Waals surface area contributed by atoms with Crippen LogP contribution in [0.2, 0.25) is 5.02 Å². The van der Waals surface area contributed by atoms with Gasteiger partial charge in [-0.1, -0.05) is 30.7 Å². The molecule has 0 saturated heterocycles. The maximum Gasteiger partial charge on any atom is 0.407 e. The number of amidine groups is 1. The van der Waals surface area contributed by atoms with Gasteiger partial charge >= 0.3 is 6.09 Å². The van der Waals surface area contributed by atoms with Gasteiger partial charge in [0.1, 0.15) is 18.0 Å². The van der Waals surface area contributed by atoms with Gasteiger partial charge in [0.2, 0.25) is 0 Å². The number of benzene rings is 2. The third-order valence-electron chi connectivity index (χ3n) is 7.54. The molecule has 0 radical (unpaired) electrons. The molecule has 4 N–H and O–H groups in total. The summed E-state index contributed by atoms with van der Waals surface area (Å²) in [5.74, 6) is 1.17. The second-order valence-electron chi connectivity index (χ2n) is 13.0. The van der Waals surface area contributed by atoms with Crippen molar-refractivity contribution in [3.63, 3.8) is 0 Å². The van der Waals surface area contributed by atoms with Crippen molar-refractivity contribution in [3.8, 4) is 5.75 Å². The second kappa shape index (κ2) is 27.0. The lowest BCUT2D eigenvalue weighted by Crippen LogP contribution is -2.35. The molecule has 0 aliphatic carbocycles. The highest BCUT2D eigenvalue weighted by molar-refractivity contribution is 6.30. The van der Waals surface area contributed by atoms with Gasteiger partial charge in [-0.05, 0) is 84.3 Å². The third-order valence-corrected chi connectivity index (χ3v) is 7.80. The topological polar surface area (TPSA) is 169 Å². The quantitative estimate of drug-likeness (QED) is 0.0597. The van der Waals surface area contributed by atoms with E-state index in [9.17, 15) is 4.79 Å². The molecule has 0 saturated carbocycles. The van der Waals surface area contributed by atoms with E-state index >= 15 is 0 Å². The third kappa shape index (κ3) is 19.1. The number of halogens is 1. The van der Waals surface area contributed by atoms with Crippen LogP contribution in [0.1, 0.15) is 52.2 Å². The fourth-order valence-electron chi connectivity index (χ4n) is 5.13. The van der Waals surface area contributed by atoms with Gasteiger partial charge < -0.3 is 54.1 Å². The Labute approximate surface area is 326 Å². The van der Waals surface area contributed by atoms with Crippen molar-refractivity contribution in [2.24, 2.45) is 4.99 Å². The van der Waals surface area contributed by atoms with Crippen molar-refractivity contribution in [2.75, 3.05) is 104 Å². The van der Waals surface area contributed by atoms with Gasteiger partial charge in [-0.3, -0.25) is 10.4 Å². The minimum Gasteiger partial charge on any atom is -0.491 e. The average Bonchev–Trinajstić information content (AvgIpc) is 3.30. The highest BCUT2D eigenvalue weighted by Gasteiger charge is 2.26. The summed E-state index contributed by atoms with van der Waals surface area (Å²) >= 11 is 6.22. The minimum absolute atomic E-state index is 0.00295. The fraction of sp³-hybridized carbons (Fsp3) is 0.590. The zero-order valence-electron chi connectivity index (χ0n) is 32.7. The van der Waals surface area contributed by atoms with Crippen molar-refractivity contribution in [1.29, 1.82) is 10.8 Å². The number of ether oxygens (including phenoxy) is 7. The Hall–Kier alpha value is -3.63.